The lowest BCUT2D eigenvalue weighted by Crippen LogP contribution is -1.88. The van der Waals surface area contributed by atoms with Crippen molar-refractivity contribution < 1.29 is 17.5 Å². The normalized spacial score (nSPS) is 10.2. The van der Waals surface area contributed by atoms with Crippen LogP contribution in [0.3, 0.4) is 0 Å². The third-order valence-corrected chi connectivity index (χ3v) is 0.840. The van der Waals surface area contributed by atoms with Gasteiger partial charge in [-0.05, 0) is 0 Å². The number of hydrogen-bond donors (Lipinski definition) is 1. The van der Waals surface area contributed by atoms with Crippen LogP contribution in [-0.2, 0) is 16.5 Å². The minimum atomic E-state index is -3.67. The fourth-order valence-corrected chi connectivity index (χ4v) is 0.425. The van der Waals surface area contributed by atoms with Crippen LogP contribution in [0.5, 0.6) is 0 Å². The van der Waals surface area contributed by atoms with Crippen molar-refractivity contribution in [2.24, 2.45) is 0 Å². The maximum absolute atomic E-state index is 9.19. The highest BCUT2D eigenvalue weighted by molar-refractivity contribution is 7.85. The van der Waals surface area contributed by atoms with E-state index >= 15 is 0 Å². The predicted molar refractivity (Wildman–Crippen MR) is 43.4 cm³/mol. The minimum Gasteiger partial charge on any atom is -0.361 e. The number of hydrogen-bond acceptors (Lipinski definition) is 4. The Kier molecular flexibility index (Phi) is 4.53. The fraction of sp³-hybridized carbons (Fsp3) is 0.500. The van der Waals surface area contributed by atoms with E-state index in [2.05, 4.69) is 5.16 Å². The molecule has 0 fully saturated rings. The van der Waals surface area contributed by atoms with Crippen LogP contribution in [0.1, 0.15) is 12.7 Å². The molecule has 1 heterocycles. The van der Waals surface area contributed by atoms with E-state index in [0.717, 1.165) is 12.2 Å². The molecule has 0 atom stereocenters. The van der Waals surface area contributed by atoms with E-state index in [1.54, 1.807) is 6.20 Å². The highest BCUT2D eigenvalue weighted by Gasteiger charge is 1.86. The molecule has 0 unspecified atom stereocenters. The minimum absolute atomic E-state index is 0.715. The third kappa shape index (κ3) is 9.12. The molecule has 1 aromatic heterocycles. The number of nitrogens with zero attached hydrogens (tertiary/aromatic N) is 1. The molecule has 0 spiro atoms. The van der Waals surface area contributed by atoms with Gasteiger partial charge in [-0.25, -0.2) is 0 Å². The van der Waals surface area contributed by atoms with Gasteiger partial charge in [-0.1, -0.05) is 12.1 Å². The van der Waals surface area contributed by atoms with Crippen LogP contribution in [-0.4, -0.2) is 24.4 Å². The summed E-state index contributed by atoms with van der Waals surface area (Å²) in [6.07, 6.45) is 3.30. The Morgan fingerprint density at radius 3 is 2.33 bits per heavy atom. The summed E-state index contributed by atoms with van der Waals surface area (Å²) >= 11 is 0. The molecule has 0 aliphatic carbocycles. The summed E-state index contributed by atoms with van der Waals surface area (Å²) in [6, 6.07) is 1.86. The molecule has 0 aromatic carbocycles. The molecule has 12 heavy (non-hydrogen) atoms. The van der Waals surface area contributed by atoms with E-state index in [9.17, 15) is 8.42 Å². The Morgan fingerprint density at radius 1 is 1.67 bits per heavy atom. The second kappa shape index (κ2) is 4.89. The van der Waals surface area contributed by atoms with Crippen molar-refractivity contribution in [3.8, 4) is 0 Å². The van der Waals surface area contributed by atoms with Gasteiger partial charge in [-0.3, -0.25) is 4.55 Å². The largest absolute Gasteiger partial charge is 0.361 e. The Hall–Kier alpha value is -0.880. The lowest BCUT2D eigenvalue weighted by Gasteiger charge is -1.76. The first kappa shape index (κ1) is 11.1. The van der Waals surface area contributed by atoms with E-state index in [4.69, 9.17) is 9.08 Å². The number of aromatic nitrogens is 1. The summed E-state index contributed by atoms with van der Waals surface area (Å²) in [5.41, 5.74) is 0. The second-order valence-corrected chi connectivity index (χ2v) is 3.53. The monoisotopic (exact) mass is 193 g/mol. The first-order valence-corrected chi connectivity index (χ1v) is 5.10. The molecular formula is C6H11NO4S. The van der Waals surface area contributed by atoms with Gasteiger partial charge in [0, 0.05) is 12.5 Å². The fourth-order valence-electron chi connectivity index (χ4n) is 0.425. The van der Waals surface area contributed by atoms with Gasteiger partial charge in [0.15, 0.2) is 0 Å². The van der Waals surface area contributed by atoms with Gasteiger partial charge in [-0.15, -0.1) is 0 Å². The average molecular weight is 193 g/mol. The molecule has 6 heteroatoms. The molecule has 70 valence electrons. The summed E-state index contributed by atoms with van der Waals surface area (Å²) in [4.78, 5) is 0. The van der Waals surface area contributed by atoms with Crippen molar-refractivity contribution in [3.05, 3.63) is 18.0 Å². The lowest BCUT2D eigenvalue weighted by molar-refractivity contribution is 0.387. The van der Waals surface area contributed by atoms with Crippen molar-refractivity contribution in [3.63, 3.8) is 0 Å². The molecular weight excluding hydrogens is 182 g/mol. The zero-order valence-electron chi connectivity index (χ0n) is 6.89. The molecule has 0 aliphatic rings. The van der Waals surface area contributed by atoms with Crippen molar-refractivity contribution in [2.75, 3.05) is 6.26 Å². The van der Waals surface area contributed by atoms with Crippen molar-refractivity contribution in [2.45, 2.75) is 13.3 Å². The molecule has 0 bridgehead atoms. The highest BCUT2D eigenvalue weighted by atomic mass is 32.2. The Morgan fingerprint density at radius 2 is 2.17 bits per heavy atom. The van der Waals surface area contributed by atoms with Crippen molar-refractivity contribution >= 4 is 10.1 Å². The molecule has 0 saturated heterocycles. The Labute approximate surface area is 71.1 Å². The van der Waals surface area contributed by atoms with Gasteiger partial charge in [0.2, 0.25) is 0 Å². The van der Waals surface area contributed by atoms with Crippen LogP contribution < -0.4 is 0 Å². The van der Waals surface area contributed by atoms with Gasteiger partial charge in [0.1, 0.15) is 5.76 Å². The Balaban J connectivity index is 0.000000217. The molecule has 0 aliphatic heterocycles. The maximum Gasteiger partial charge on any atom is 0.261 e. The Bertz CT molecular complexity index is 281. The first-order valence-electron chi connectivity index (χ1n) is 3.25. The smallest absolute Gasteiger partial charge is 0.261 e. The summed E-state index contributed by atoms with van der Waals surface area (Å²) in [7, 11) is -3.67. The summed E-state index contributed by atoms with van der Waals surface area (Å²) < 4.78 is 30.6. The average Bonchev–Trinajstić information content (AvgIpc) is 2.33. The summed E-state index contributed by atoms with van der Waals surface area (Å²) in [6.45, 7) is 2.03. The van der Waals surface area contributed by atoms with Gasteiger partial charge in [-0.2, -0.15) is 8.42 Å². The van der Waals surface area contributed by atoms with Crippen LogP contribution in [0.2, 0.25) is 0 Å². The zero-order valence-corrected chi connectivity index (χ0v) is 7.71. The molecule has 0 saturated carbocycles. The quantitative estimate of drug-likeness (QED) is 0.665. The van der Waals surface area contributed by atoms with E-state index in [1.165, 1.54) is 0 Å². The lowest BCUT2D eigenvalue weighted by atomic mass is 10.4. The topological polar surface area (TPSA) is 80.4 Å². The van der Waals surface area contributed by atoms with Crippen LogP contribution >= 0.6 is 0 Å². The van der Waals surface area contributed by atoms with Gasteiger partial charge < -0.3 is 4.52 Å². The maximum atomic E-state index is 9.19. The third-order valence-electron chi connectivity index (χ3n) is 0.840. The van der Waals surface area contributed by atoms with E-state index in [-0.39, 0.29) is 0 Å². The molecule has 1 aromatic rings. The molecule has 1 rings (SSSR count). The van der Waals surface area contributed by atoms with E-state index in [0.29, 0.717) is 6.26 Å². The predicted octanol–water partition coefficient (Wildman–Crippen LogP) is 0.741. The molecule has 1 N–H and O–H groups in total. The summed E-state index contributed by atoms with van der Waals surface area (Å²) in [5, 5.41) is 3.52. The SMILES string of the molecule is CCc1ccno1.CS(=O)(=O)O. The van der Waals surface area contributed by atoms with Gasteiger partial charge in [0.25, 0.3) is 10.1 Å². The van der Waals surface area contributed by atoms with Gasteiger partial charge >= 0.3 is 0 Å². The first-order chi connectivity index (χ1) is 5.43. The van der Waals surface area contributed by atoms with Crippen LogP contribution in [0.15, 0.2) is 16.8 Å². The van der Waals surface area contributed by atoms with E-state index in [1.807, 2.05) is 13.0 Å². The second-order valence-electron chi connectivity index (χ2n) is 2.07. The van der Waals surface area contributed by atoms with Crippen molar-refractivity contribution in [1.82, 2.24) is 5.16 Å². The van der Waals surface area contributed by atoms with Crippen molar-refractivity contribution in [1.29, 1.82) is 0 Å². The van der Waals surface area contributed by atoms with E-state index < -0.39 is 10.1 Å². The molecule has 5 nitrogen and oxygen atoms in total. The van der Waals surface area contributed by atoms with Crippen LogP contribution in [0, 0.1) is 0 Å². The summed E-state index contributed by atoms with van der Waals surface area (Å²) in [5.74, 6) is 0.944. The van der Waals surface area contributed by atoms with Crippen LogP contribution in [0.25, 0.3) is 0 Å². The van der Waals surface area contributed by atoms with Gasteiger partial charge in [0.05, 0.1) is 12.5 Å². The standard InChI is InChI=1S/C5H7NO.CH4O3S/c1-2-5-3-4-6-7-5;1-5(2,3)4/h3-4H,2H2,1H3;1H3,(H,2,3,4). The number of rotatable bonds is 1. The highest BCUT2D eigenvalue weighted by Crippen LogP contribution is 1.94. The molecule has 0 amide bonds. The zero-order chi connectivity index (χ0) is 9.61. The van der Waals surface area contributed by atoms with Crippen LogP contribution in [0.4, 0.5) is 0 Å². The molecule has 0 radical (unpaired) electrons. The number of aryl methyl sites for hydroxylation is 1.